The highest BCUT2D eigenvalue weighted by atomic mass is 32.2. The predicted molar refractivity (Wildman–Crippen MR) is 149 cm³/mol. The molecule has 10 heteroatoms. The van der Waals surface area contributed by atoms with Crippen molar-refractivity contribution in [3.8, 4) is 11.1 Å². The Morgan fingerprint density at radius 3 is 2.38 bits per heavy atom. The second kappa shape index (κ2) is 10.0. The number of benzene rings is 3. The van der Waals surface area contributed by atoms with Gasteiger partial charge in [-0.1, -0.05) is 54.6 Å². The summed E-state index contributed by atoms with van der Waals surface area (Å²) in [5, 5.41) is 11.4. The van der Waals surface area contributed by atoms with Crippen LogP contribution in [0.15, 0.2) is 93.5 Å². The van der Waals surface area contributed by atoms with E-state index >= 15 is 0 Å². The molecule has 0 spiro atoms. The number of nitrogens with one attached hydrogen (secondary N) is 2. The van der Waals surface area contributed by atoms with Crippen molar-refractivity contribution in [2.24, 2.45) is 12.0 Å². The smallest absolute Gasteiger partial charge is 0.266 e. The van der Waals surface area contributed by atoms with Crippen molar-refractivity contribution in [1.29, 1.82) is 5.41 Å². The molecule has 8 nitrogen and oxygen atoms in total. The third-order valence-corrected chi connectivity index (χ3v) is 9.48. The van der Waals surface area contributed by atoms with Crippen LogP contribution in [-0.2, 0) is 23.4 Å². The Kier molecular flexibility index (Phi) is 6.50. The van der Waals surface area contributed by atoms with Crippen LogP contribution in [0.25, 0.3) is 16.2 Å². The maximum atomic E-state index is 14.0. The Hall–Kier alpha value is -4.31. The molecule has 2 heterocycles. The average molecular weight is 558 g/mol. The number of nitrogens with zero attached hydrogens (tertiary/aromatic N) is 3. The molecule has 1 saturated carbocycles. The molecule has 1 aromatic heterocycles. The van der Waals surface area contributed by atoms with Crippen LogP contribution in [-0.4, -0.2) is 23.6 Å². The van der Waals surface area contributed by atoms with Crippen LogP contribution in [0.5, 0.6) is 0 Å². The number of hydrogen-bond donors (Lipinski definition) is 2. The van der Waals surface area contributed by atoms with Crippen LogP contribution >= 0.6 is 0 Å². The van der Waals surface area contributed by atoms with Crippen molar-refractivity contribution in [2.45, 2.75) is 42.8 Å². The van der Waals surface area contributed by atoms with Crippen molar-refractivity contribution in [3.05, 3.63) is 117 Å². The summed E-state index contributed by atoms with van der Waals surface area (Å²) >= 11 is 0. The van der Waals surface area contributed by atoms with Gasteiger partial charge in [-0.3, -0.25) is 19.3 Å². The molecular weight excluding hydrogens is 529 g/mol. The van der Waals surface area contributed by atoms with Crippen LogP contribution < -0.4 is 27.2 Å². The van der Waals surface area contributed by atoms with E-state index in [0.29, 0.717) is 5.62 Å². The van der Waals surface area contributed by atoms with Crippen LogP contribution in [0.1, 0.15) is 30.9 Å². The lowest BCUT2D eigenvalue weighted by Gasteiger charge is -2.16. The fraction of sp³-hybridized carbons (Fsp3) is 0.233. The Balaban J connectivity index is 1.50. The Morgan fingerprint density at radius 2 is 1.68 bits per heavy atom. The summed E-state index contributed by atoms with van der Waals surface area (Å²) in [5.74, 6) is -0.578. The number of rotatable bonds is 6. The lowest BCUT2D eigenvalue weighted by atomic mass is 10.0. The van der Waals surface area contributed by atoms with Gasteiger partial charge in [-0.2, -0.15) is 0 Å². The normalized spacial score (nSPS) is 18.6. The Morgan fingerprint density at radius 1 is 1.00 bits per heavy atom. The third kappa shape index (κ3) is 4.38. The Bertz CT molecular complexity index is 1950. The van der Waals surface area contributed by atoms with E-state index in [0.717, 1.165) is 60.2 Å². The fourth-order valence-corrected chi connectivity index (χ4v) is 7.05. The van der Waals surface area contributed by atoms with E-state index in [1.54, 1.807) is 11.6 Å². The highest BCUT2D eigenvalue weighted by Crippen LogP contribution is 2.32. The molecule has 40 heavy (non-hydrogen) atoms. The standard InChI is InChI=1S/C30H28FN5O3S/c1-35-29(37)26(27(32)36-25-9-5-8-24(25)34-30(35)36)28(40(38,39)23-16-14-22(31)15-17-23)33-18-19-10-12-21(13-11-19)20-6-3-2-4-7-20/h2-4,6-7,10-17,24-25,32-33H,5,8-9,18H2,1H3/b28-26-,32-27?. The van der Waals surface area contributed by atoms with Gasteiger partial charge < -0.3 is 5.32 Å². The van der Waals surface area contributed by atoms with E-state index in [1.165, 1.54) is 4.57 Å². The van der Waals surface area contributed by atoms with Gasteiger partial charge >= 0.3 is 0 Å². The molecule has 2 aliphatic rings. The van der Waals surface area contributed by atoms with Crippen LogP contribution in [0.3, 0.4) is 0 Å². The second-order valence-electron chi connectivity index (χ2n) is 10.2. The van der Waals surface area contributed by atoms with E-state index in [4.69, 9.17) is 5.41 Å². The number of sulfone groups is 1. The first-order valence-electron chi connectivity index (χ1n) is 13.1. The Labute approximate surface area is 230 Å². The van der Waals surface area contributed by atoms with Gasteiger partial charge in [0.25, 0.3) is 5.56 Å². The molecule has 1 fully saturated rings. The number of halogens is 1. The zero-order chi connectivity index (χ0) is 28.0. The van der Waals surface area contributed by atoms with Crippen LogP contribution in [0, 0.1) is 11.2 Å². The molecule has 204 valence electrons. The number of fused-ring (bicyclic) bond motifs is 3. The minimum atomic E-state index is -4.33. The summed E-state index contributed by atoms with van der Waals surface area (Å²) in [6, 6.07) is 21.9. The van der Waals surface area contributed by atoms with Crippen molar-refractivity contribution < 1.29 is 12.8 Å². The van der Waals surface area contributed by atoms with Gasteiger partial charge in [-0.15, -0.1) is 0 Å². The molecule has 6 rings (SSSR count). The van der Waals surface area contributed by atoms with E-state index in [-0.39, 0.29) is 39.3 Å². The summed E-state index contributed by atoms with van der Waals surface area (Å²) < 4.78 is 44.6. The van der Waals surface area contributed by atoms with Gasteiger partial charge in [0.2, 0.25) is 15.5 Å². The van der Waals surface area contributed by atoms with Crippen molar-refractivity contribution in [3.63, 3.8) is 0 Å². The minimum absolute atomic E-state index is 0.0294. The van der Waals surface area contributed by atoms with E-state index < -0.39 is 21.2 Å². The van der Waals surface area contributed by atoms with Gasteiger partial charge in [0.05, 0.1) is 17.0 Å². The highest BCUT2D eigenvalue weighted by molar-refractivity contribution is 8.00. The third-order valence-electron chi connectivity index (χ3n) is 7.70. The van der Waals surface area contributed by atoms with Gasteiger partial charge in [0.15, 0.2) is 0 Å². The van der Waals surface area contributed by atoms with E-state index in [9.17, 15) is 17.6 Å². The molecule has 0 amide bonds. The number of hydrogen-bond acceptors (Lipinski definition) is 6. The topological polar surface area (TPSA) is 109 Å². The predicted octanol–water partition coefficient (Wildman–Crippen LogP) is 2.53. The zero-order valence-electron chi connectivity index (χ0n) is 21.8. The average Bonchev–Trinajstić information content (AvgIpc) is 3.56. The molecule has 2 atom stereocenters. The summed E-state index contributed by atoms with van der Waals surface area (Å²) in [6.45, 7) is 0.0889. The minimum Gasteiger partial charge on any atom is -0.371 e. The van der Waals surface area contributed by atoms with Gasteiger partial charge in [-0.25, -0.2) is 17.8 Å². The van der Waals surface area contributed by atoms with E-state index in [2.05, 4.69) is 10.3 Å². The molecular formula is C30H28FN5O3S. The SMILES string of the molecule is Cn1c(=O)/c(=C(/NCc2ccc(-c3ccccc3)cc2)S(=O)(=O)c2ccc(F)cc2)c(=N)n2c1=NC1CCCC12. The molecule has 1 aliphatic heterocycles. The van der Waals surface area contributed by atoms with Crippen molar-refractivity contribution in [2.75, 3.05) is 0 Å². The first kappa shape index (κ1) is 25.9. The molecule has 0 bridgehead atoms. The molecule has 0 radical (unpaired) electrons. The first-order valence-corrected chi connectivity index (χ1v) is 14.6. The molecule has 2 unspecified atom stereocenters. The van der Waals surface area contributed by atoms with Crippen LogP contribution in [0.4, 0.5) is 4.39 Å². The monoisotopic (exact) mass is 557 g/mol. The molecule has 4 aromatic rings. The fourth-order valence-electron chi connectivity index (χ4n) is 5.61. The van der Waals surface area contributed by atoms with E-state index in [1.807, 2.05) is 54.6 Å². The summed E-state index contributed by atoms with van der Waals surface area (Å²) in [6.07, 6.45) is 2.61. The highest BCUT2D eigenvalue weighted by Gasteiger charge is 2.35. The van der Waals surface area contributed by atoms with Gasteiger partial charge in [0, 0.05) is 13.6 Å². The van der Waals surface area contributed by atoms with Crippen molar-refractivity contribution >= 4 is 14.9 Å². The lowest BCUT2D eigenvalue weighted by molar-refractivity contribution is 0.465. The summed E-state index contributed by atoms with van der Waals surface area (Å²) in [7, 11) is -2.78. The molecule has 2 N–H and O–H groups in total. The summed E-state index contributed by atoms with van der Waals surface area (Å²) in [4.78, 5) is 18.1. The molecule has 0 saturated heterocycles. The molecule has 1 aliphatic carbocycles. The maximum absolute atomic E-state index is 14.0. The quantitative estimate of drug-likeness (QED) is 0.355. The van der Waals surface area contributed by atoms with Gasteiger partial charge in [0.1, 0.15) is 21.6 Å². The van der Waals surface area contributed by atoms with Gasteiger partial charge in [-0.05, 0) is 60.2 Å². The number of aromatic nitrogens is 2. The second-order valence-corrected chi connectivity index (χ2v) is 12.0. The zero-order valence-corrected chi connectivity index (χ0v) is 22.7. The first-order chi connectivity index (χ1) is 19.3. The lowest BCUT2D eigenvalue weighted by Crippen LogP contribution is -2.59. The summed E-state index contributed by atoms with van der Waals surface area (Å²) in [5.41, 5.74) is 2.41. The van der Waals surface area contributed by atoms with Crippen LogP contribution in [0.2, 0.25) is 0 Å². The largest absolute Gasteiger partial charge is 0.371 e. The maximum Gasteiger partial charge on any atom is 0.266 e. The van der Waals surface area contributed by atoms with Crippen molar-refractivity contribution in [1.82, 2.24) is 14.5 Å². The molecule has 3 aromatic carbocycles.